The van der Waals surface area contributed by atoms with Gasteiger partial charge in [0.15, 0.2) is 0 Å². The Hall–Kier alpha value is -3.27. The van der Waals surface area contributed by atoms with Crippen LogP contribution < -0.4 is 25.0 Å². The predicted octanol–water partition coefficient (Wildman–Crippen LogP) is 3.94. The van der Waals surface area contributed by atoms with Crippen LogP contribution in [0.1, 0.15) is 12.8 Å². The van der Waals surface area contributed by atoms with Crippen LogP contribution in [0, 0.1) is 5.82 Å². The van der Waals surface area contributed by atoms with Gasteiger partial charge in [-0.05, 0) is 53.0 Å². The molecule has 12 nitrogen and oxygen atoms in total. The van der Waals surface area contributed by atoms with Crippen LogP contribution in [-0.4, -0.2) is 87.1 Å². The number of morpholine rings is 1. The van der Waals surface area contributed by atoms with E-state index in [9.17, 15) is 12.8 Å². The number of hydrogen-bond acceptors (Lipinski definition) is 11. The molecule has 2 aliphatic rings. The van der Waals surface area contributed by atoms with Crippen LogP contribution in [0.5, 0.6) is 5.88 Å². The molecule has 0 spiro atoms. The number of nitrogens with zero attached hydrogens (tertiary/aromatic N) is 5. The Morgan fingerprint density at radius 1 is 1.02 bits per heavy atom. The summed E-state index contributed by atoms with van der Waals surface area (Å²) in [5, 5.41) is 6.17. The number of aromatic nitrogens is 3. The Morgan fingerprint density at radius 3 is 2.46 bits per heavy atom. The minimum atomic E-state index is -3.64. The fourth-order valence-corrected chi connectivity index (χ4v) is 5.79. The van der Waals surface area contributed by atoms with E-state index in [1.54, 1.807) is 7.11 Å². The smallest absolute Gasteiger partial charge is 0.239 e. The standard InChI is InChI=1S/C26H32BrFN8O4S/c1-39-25-21(5-6-23(32-25)36-9-7-18(8-10-36)35-11-13-40-14-12-35)31-26-29-16-19(27)24(33-26)30-20-4-3-17(28)15-22(20)34-41(2,37)38/h3-6,15-16,18,34H,7-14H2,1-2H3,(H2,29,30,31,33). The van der Waals surface area contributed by atoms with Gasteiger partial charge in [0.1, 0.15) is 23.1 Å². The number of halogens is 2. The van der Waals surface area contributed by atoms with Crippen LogP contribution in [0.2, 0.25) is 0 Å². The predicted molar refractivity (Wildman–Crippen MR) is 160 cm³/mol. The lowest BCUT2D eigenvalue weighted by Crippen LogP contribution is -2.49. The highest BCUT2D eigenvalue weighted by molar-refractivity contribution is 9.10. The first-order valence-corrected chi connectivity index (χ1v) is 15.8. The maximum atomic E-state index is 13.8. The van der Waals surface area contributed by atoms with Crippen molar-refractivity contribution in [1.82, 2.24) is 19.9 Å². The summed E-state index contributed by atoms with van der Waals surface area (Å²) in [6, 6.07) is 8.11. The third kappa shape index (κ3) is 7.52. The fraction of sp³-hybridized carbons (Fsp3) is 0.423. The lowest BCUT2D eigenvalue weighted by molar-refractivity contribution is 0.0114. The molecule has 5 rings (SSSR count). The molecule has 0 aliphatic carbocycles. The zero-order valence-corrected chi connectivity index (χ0v) is 25.1. The molecule has 0 amide bonds. The molecule has 0 atom stereocenters. The summed E-state index contributed by atoms with van der Waals surface area (Å²) < 4.78 is 51.3. The number of nitrogens with one attached hydrogen (secondary N) is 3. The summed E-state index contributed by atoms with van der Waals surface area (Å²) in [6.07, 6.45) is 4.67. The molecule has 220 valence electrons. The summed E-state index contributed by atoms with van der Waals surface area (Å²) >= 11 is 3.41. The number of anilines is 6. The zero-order valence-electron chi connectivity index (χ0n) is 22.7. The first-order valence-electron chi connectivity index (χ1n) is 13.1. The highest BCUT2D eigenvalue weighted by atomic mass is 79.9. The summed E-state index contributed by atoms with van der Waals surface area (Å²) in [4.78, 5) is 18.4. The van der Waals surface area contributed by atoms with E-state index in [1.165, 1.54) is 18.3 Å². The van der Waals surface area contributed by atoms with E-state index in [2.05, 4.69) is 51.1 Å². The largest absolute Gasteiger partial charge is 0.479 e. The van der Waals surface area contributed by atoms with Gasteiger partial charge in [0.05, 0.1) is 42.4 Å². The van der Waals surface area contributed by atoms with Crippen molar-refractivity contribution in [2.45, 2.75) is 18.9 Å². The molecule has 2 saturated heterocycles. The van der Waals surface area contributed by atoms with Crippen molar-refractivity contribution in [3.05, 3.63) is 46.8 Å². The Bertz CT molecular complexity index is 1480. The quantitative estimate of drug-likeness (QED) is 0.311. The van der Waals surface area contributed by atoms with E-state index in [0.717, 1.165) is 70.4 Å². The second-order valence-electron chi connectivity index (χ2n) is 9.80. The number of ether oxygens (including phenoxy) is 2. The molecular weight excluding hydrogens is 619 g/mol. The molecule has 2 aromatic heterocycles. The van der Waals surface area contributed by atoms with E-state index in [4.69, 9.17) is 14.5 Å². The number of hydrogen-bond donors (Lipinski definition) is 3. The van der Waals surface area contributed by atoms with Crippen molar-refractivity contribution in [3.8, 4) is 5.88 Å². The maximum Gasteiger partial charge on any atom is 0.239 e. The van der Waals surface area contributed by atoms with Crippen LogP contribution in [-0.2, 0) is 14.8 Å². The van der Waals surface area contributed by atoms with Crippen LogP contribution in [0.3, 0.4) is 0 Å². The van der Waals surface area contributed by atoms with Crippen molar-refractivity contribution in [2.75, 3.05) is 73.0 Å². The molecule has 2 aliphatic heterocycles. The van der Waals surface area contributed by atoms with E-state index in [0.29, 0.717) is 33.6 Å². The summed E-state index contributed by atoms with van der Waals surface area (Å²) in [6.45, 7) is 5.43. The number of piperidine rings is 1. The minimum absolute atomic E-state index is 0.0444. The van der Waals surface area contributed by atoms with Gasteiger partial charge in [0.25, 0.3) is 0 Å². The van der Waals surface area contributed by atoms with Gasteiger partial charge in [0.2, 0.25) is 21.9 Å². The van der Waals surface area contributed by atoms with Gasteiger partial charge in [-0.3, -0.25) is 9.62 Å². The first-order chi connectivity index (χ1) is 19.7. The van der Waals surface area contributed by atoms with Crippen molar-refractivity contribution < 1.29 is 22.3 Å². The Labute approximate surface area is 246 Å². The van der Waals surface area contributed by atoms with Crippen LogP contribution in [0.15, 0.2) is 41.0 Å². The SMILES string of the molecule is COc1nc(N2CCC(N3CCOCC3)CC2)ccc1Nc1ncc(Br)c(Nc2ccc(F)cc2NS(C)(=O)=O)n1. The Balaban J connectivity index is 1.29. The number of sulfonamides is 1. The average Bonchev–Trinajstić information content (AvgIpc) is 2.96. The van der Waals surface area contributed by atoms with E-state index >= 15 is 0 Å². The van der Waals surface area contributed by atoms with Gasteiger partial charge < -0.3 is 25.0 Å². The monoisotopic (exact) mass is 650 g/mol. The number of pyridine rings is 1. The highest BCUT2D eigenvalue weighted by Crippen LogP contribution is 2.33. The first kappa shape index (κ1) is 29.2. The van der Waals surface area contributed by atoms with Gasteiger partial charge in [-0.2, -0.15) is 9.97 Å². The second kappa shape index (κ2) is 12.7. The van der Waals surface area contributed by atoms with Crippen molar-refractivity contribution >= 4 is 60.6 Å². The van der Waals surface area contributed by atoms with Crippen molar-refractivity contribution in [2.24, 2.45) is 0 Å². The molecule has 4 heterocycles. The molecule has 15 heteroatoms. The number of benzene rings is 1. The van der Waals surface area contributed by atoms with Crippen molar-refractivity contribution in [1.29, 1.82) is 0 Å². The topological polar surface area (TPSA) is 134 Å². The number of rotatable bonds is 9. The summed E-state index contributed by atoms with van der Waals surface area (Å²) in [7, 11) is -2.08. The van der Waals surface area contributed by atoms with Crippen LogP contribution in [0.4, 0.5) is 39.0 Å². The number of methoxy groups -OCH3 is 1. The molecule has 0 radical (unpaired) electrons. The minimum Gasteiger partial charge on any atom is -0.479 e. The van der Waals surface area contributed by atoms with Gasteiger partial charge >= 0.3 is 0 Å². The van der Waals surface area contributed by atoms with Crippen LogP contribution in [0.25, 0.3) is 0 Å². The van der Waals surface area contributed by atoms with E-state index in [1.807, 2.05) is 12.1 Å². The molecule has 0 saturated carbocycles. The van der Waals surface area contributed by atoms with E-state index in [-0.39, 0.29) is 11.6 Å². The summed E-state index contributed by atoms with van der Waals surface area (Å²) in [5.41, 5.74) is 0.931. The third-order valence-electron chi connectivity index (χ3n) is 6.91. The van der Waals surface area contributed by atoms with Crippen LogP contribution >= 0.6 is 15.9 Å². The second-order valence-corrected chi connectivity index (χ2v) is 12.4. The van der Waals surface area contributed by atoms with Gasteiger partial charge in [0, 0.05) is 44.5 Å². The fourth-order valence-electron chi connectivity index (χ4n) is 4.93. The third-order valence-corrected chi connectivity index (χ3v) is 8.08. The zero-order chi connectivity index (χ0) is 29.0. The maximum absolute atomic E-state index is 13.8. The summed E-state index contributed by atoms with van der Waals surface area (Å²) in [5.74, 6) is 1.23. The van der Waals surface area contributed by atoms with Crippen molar-refractivity contribution in [3.63, 3.8) is 0 Å². The van der Waals surface area contributed by atoms with Gasteiger partial charge in [-0.1, -0.05) is 0 Å². The van der Waals surface area contributed by atoms with E-state index < -0.39 is 15.8 Å². The normalized spacial score (nSPS) is 16.8. The Morgan fingerprint density at radius 2 is 1.76 bits per heavy atom. The molecule has 3 aromatic rings. The molecule has 1 aromatic carbocycles. The Kier molecular flexibility index (Phi) is 9.06. The molecule has 2 fully saturated rings. The lowest BCUT2D eigenvalue weighted by atomic mass is 10.0. The molecule has 0 bridgehead atoms. The lowest BCUT2D eigenvalue weighted by Gasteiger charge is -2.40. The molecular formula is C26H32BrFN8O4S. The average molecular weight is 652 g/mol. The molecule has 3 N–H and O–H groups in total. The molecule has 41 heavy (non-hydrogen) atoms. The highest BCUT2D eigenvalue weighted by Gasteiger charge is 2.27. The molecule has 0 unspecified atom stereocenters. The van der Waals surface area contributed by atoms with Gasteiger partial charge in [-0.15, -0.1) is 0 Å². The van der Waals surface area contributed by atoms with Gasteiger partial charge in [-0.25, -0.2) is 17.8 Å².